The van der Waals surface area contributed by atoms with Gasteiger partial charge in [-0.25, -0.2) is 9.97 Å². The Balaban J connectivity index is 0.00000115. The van der Waals surface area contributed by atoms with E-state index in [9.17, 15) is 9.59 Å². The number of nitrogens with zero attached hydrogens (tertiary/aromatic N) is 5. The van der Waals surface area contributed by atoms with Crippen molar-refractivity contribution >= 4 is 29.2 Å². The van der Waals surface area contributed by atoms with Gasteiger partial charge in [-0.15, -0.1) is 10.2 Å². The molecular weight excluding hydrogens is 464 g/mol. The number of likely N-dealkylation sites (tertiary alicyclic amines) is 1. The lowest BCUT2D eigenvalue weighted by molar-refractivity contribution is -0.130. The Kier molecular flexibility index (Phi) is 9.99. The highest BCUT2D eigenvalue weighted by molar-refractivity contribution is 5.80. The SMILES string of the molecule is CCC(=O)CCCCC[C@H](NC(=O)C1CN(C)C1)c1nnc(-c2ccc3cccnc3n2)o1.O=CO. The van der Waals surface area contributed by atoms with Crippen LogP contribution in [0.25, 0.3) is 22.6 Å². The molecule has 1 fully saturated rings. The van der Waals surface area contributed by atoms with Crippen molar-refractivity contribution in [3.05, 3.63) is 36.4 Å². The lowest BCUT2D eigenvalue weighted by Gasteiger charge is -2.35. The highest BCUT2D eigenvalue weighted by Crippen LogP contribution is 2.25. The third-order valence-corrected chi connectivity index (χ3v) is 6.02. The second kappa shape index (κ2) is 13.4. The predicted octanol–water partition coefficient (Wildman–Crippen LogP) is 3.03. The lowest BCUT2D eigenvalue weighted by atomic mass is 9.99. The monoisotopic (exact) mass is 496 g/mol. The van der Waals surface area contributed by atoms with Crippen LogP contribution in [0.2, 0.25) is 0 Å². The number of carboxylic acid groups (broad SMARTS) is 1. The summed E-state index contributed by atoms with van der Waals surface area (Å²) in [4.78, 5) is 43.5. The number of hydrogen-bond donors (Lipinski definition) is 2. The molecule has 0 spiro atoms. The van der Waals surface area contributed by atoms with E-state index in [1.807, 2.05) is 38.2 Å². The average molecular weight is 497 g/mol. The summed E-state index contributed by atoms with van der Waals surface area (Å²) < 4.78 is 5.96. The second-order valence-electron chi connectivity index (χ2n) is 8.77. The summed E-state index contributed by atoms with van der Waals surface area (Å²) in [6.07, 6.45) is 6.15. The van der Waals surface area contributed by atoms with Crippen LogP contribution in [-0.4, -0.2) is 68.5 Å². The topological polar surface area (TPSA) is 151 Å². The van der Waals surface area contributed by atoms with Crippen LogP contribution in [0.5, 0.6) is 0 Å². The Hall–Kier alpha value is -3.73. The van der Waals surface area contributed by atoms with Gasteiger partial charge in [0, 0.05) is 37.5 Å². The van der Waals surface area contributed by atoms with E-state index in [0.717, 1.165) is 37.7 Å². The molecule has 1 amide bonds. The molecule has 3 aromatic rings. The van der Waals surface area contributed by atoms with E-state index in [1.54, 1.807) is 6.20 Å². The molecule has 4 rings (SSSR count). The molecule has 1 saturated heterocycles. The lowest BCUT2D eigenvalue weighted by Crippen LogP contribution is -2.52. The number of hydrogen-bond acceptors (Lipinski definition) is 9. The number of amides is 1. The third kappa shape index (κ3) is 7.38. The van der Waals surface area contributed by atoms with Crippen molar-refractivity contribution in [1.82, 2.24) is 30.4 Å². The number of aromatic nitrogens is 4. The number of carbonyl (C=O) groups excluding carboxylic acids is 2. The molecule has 0 aromatic carbocycles. The molecule has 4 heterocycles. The van der Waals surface area contributed by atoms with Crippen molar-refractivity contribution in [2.75, 3.05) is 20.1 Å². The fourth-order valence-corrected chi connectivity index (χ4v) is 3.99. The zero-order valence-corrected chi connectivity index (χ0v) is 20.6. The Morgan fingerprint density at radius 3 is 2.72 bits per heavy atom. The smallest absolute Gasteiger partial charge is 0.290 e. The maximum absolute atomic E-state index is 12.7. The van der Waals surface area contributed by atoms with Gasteiger partial charge in [0.05, 0.1) is 5.92 Å². The summed E-state index contributed by atoms with van der Waals surface area (Å²) in [5, 5.41) is 19.3. The van der Waals surface area contributed by atoms with Crippen LogP contribution in [0.4, 0.5) is 0 Å². The first-order chi connectivity index (χ1) is 17.4. The summed E-state index contributed by atoms with van der Waals surface area (Å²) in [5.74, 6) is 0.947. The minimum absolute atomic E-state index is 0.00652. The fourth-order valence-electron chi connectivity index (χ4n) is 3.99. The normalized spacial score (nSPS) is 14.4. The highest BCUT2D eigenvalue weighted by Gasteiger charge is 2.32. The van der Waals surface area contributed by atoms with Gasteiger partial charge in [0.2, 0.25) is 11.8 Å². The standard InChI is InChI=1S/C24H30N6O3.CH2O2/c1-3-18(31)9-5-4-6-10-19(27-22(32)17-14-30(2)15-17)23-28-29-24(33-23)20-12-11-16-8-7-13-25-21(16)26-20;2-1-3/h7-8,11-13,17,19H,3-6,9-10,14-15H2,1-2H3,(H,27,32);1H,(H,2,3)/t19-;/m0./s1. The Morgan fingerprint density at radius 1 is 1.22 bits per heavy atom. The molecule has 3 aromatic heterocycles. The Labute approximate surface area is 209 Å². The van der Waals surface area contributed by atoms with E-state index >= 15 is 0 Å². The Morgan fingerprint density at radius 2 is 2.00 bits per heavy atom. The predicted molar refractivity (Wildman–Crippen MR) is 132 cm³/mol. The maximum atomic E-state index is 12.7. The molecule has 192 valence electrons. The highest BCUT2D eigenvalue weighted by atomic mass is 16.4. The van der Waals surface area contributed by atoms with Gasteiger partial charge in [-0.1, -0.05) is 19.8 Å². The van der Waals surface area contributed by atoms with Crippen molar-refractivity contribution < 1.29 is 23.9 Å². The molecule has 1 atom stereocenters. The largest absolute Gasteiger partial charge is 0.483 e. The van der Waals surface area contributed by atoms with Gasteiger partial charge < -0.3 is 19.7 Å². The maximum Gasteiger partial charge on any atom is 0.290 e. The zero-order valence-electron chi connectivity index (χ0n) is 20.6. The molecule has 36 heavy (non-hydrogen) atoms. The van der Waals surface area contributed by atoms with Gasteiger partial charge in [0.1, 0.15) is 17.5 Å². The first kappa shape index (κ1) is 26.9. The first-order valence-electron chi connectivity index (χ1n) is 12.1. The van der Waals surface area contributed by atoms with Gasteiger partial charge in [-0.2, -0.15) is 0 Å². The van der Waals surface area contributed by atoms with Gasteiger partial charge in [0.15, 0.2) is 5.65 Å². The van der Waals surface area contributed by atoms with Crippen molar-refractivity contribution in [2.45, 2.75) is 51.5 Å². The number of carbonyl (C=O) groups is 3. The van der Waals surface area contributed by atoms with Crippen molar-refractivity contribution in [3.63, 3.8) is 0 Å². The molecule has 1 aliphatic heterocycles. The van der Waals surface area contributed by atoms with E-state index in [1.165, 1.54) is 0 Å². The number of Topliss-reactive ketones (excluding diaryl/α,β-unsaturated/α-hetero) is 1. The molecule has 2 N–H and O–H groups in total. The minimum atomic E-state index is -0.370. The van der Waals surface area contributed by atoms with Crippen LogP contribution in [0.1, 0.15) is 57.4 Å². The van der Waals surface area contributed by atoms with Crippen molar-refractivity contribution in [1.29, 1.82) is 0 Å². The summed E-state index contributed by atoms with van der Waals surface area (Å²) in [7, 11) is 1.99. The number of fused-ring (bicyclic) bond motifs is 1. The van der Waals surface area contributed by atoms with Crippen LogP contribution in [0.15, 0.2) is 34.9 Å². The molecule has 0 unspecified atom stereocenters. The van der Waals surface area contributed by atoms with Crippen LogP contribution < -0.4 is 5.32 Å². The minimum Gasteiger partial charge on any atom is -0.483 e. The van der Waals surface area contributed by atoms with Crippen molar-refractivity contribution in [2.24, 2.45) is 5.92 Å². The van der Waals surface area contributed by atoms with Crippen LogP contribution in [0, 0.1) is 5.92 Å². The number of pyridine rings is 2. The van der Waals surface area contributed by atoms with E-state index in [4.69, 9.17) is 14.3 Å². The summed E-state index contributed by atoms with van der Waals surface area (Å²) >= 11 is 0. The number of ketones is 1. The molecular formula is C25H32N6O5. The van der Waals surface area contributed by atoms with Gasteiger partial charge in [-0.05, 0) is 44.2 Å². The quantitative estimate of drug-likeness (QED) is 0.299. The van der Waals surface area contributed by atoms with Gasteiger partial charge >= 0.3 is 0 Å². The summed E-state index contributed by atoms with van der Waals surface area (Å²) in [6.45, 7) is 3.14. The first-order valence-corrected chi connectivity index (χ1v) is 12.1. The van der Waals surface area contributed by atoms with Crippen LogP contribution in [-0.2, 0) is 14.4 Å². The average Bonchev–Trinajstić information content (AvgIpc) is 3.36. The van der Waals surface area contributed by atoms with Crippen LogP contribution >= 0.6 is 0 Å². The zero-order chi connectivity index (χ0) is 25.9. The fraction of sp³-hybridized carbons (Fsp3) is 0.480. The molecule has 0 aliphatic carbocycles. The van der Waals surface area contributed by atoms with Gasteiger partial charge in [0.25, 0.3) is 12.4 Å². The molecule has 11 nitrogen and oxygen atoms in total. The molecule has 11 heteroatoms. The second-order valence-corrected chi connectivity index (χ2v) is 8.77. The van der Waals surface area contributed by atoms with E-state index in [-0.39, 0.29) is 30.1 Å². The molecule has 0 saturated carbocycles. The number of nitrogens with one attached hydrogen (secondary N) is 1. The van der Waals surface area contributed by atoms with Crippen LogP contribution in [0.3, 0.4) is 0 Å². The molecule has 0 bridgehead atoms. The van der Waals surface area contributed by atoms with E-state index in [2.05, 4.69) is 30.4 Å². The van der Waals surface area contributed by atoms with Gasteiger partial charge in [-0.3, -0.25) is 14.4 Å². The summed E-state index contributed by atoms with van der Waals surface area (Å²) in [6, 6.07) is 7.17. The molecule has 0 radical (unpaired) electrons. The van der Waals surface area contributed by atoms with E-state index in [0.29, 0.717) is 42.4 Å². The van der Waals surface area contributed by atoms with Crippen molar-refractivity contribution in [3.8, 4) is 11.6 Å². The Bertz CT molecular complexity index is 1160. The molecule has 1 aliphatic rings. The third-order valence-electron chi connectivity index (χ3n) is 6.02. The van der Waals surface area contributed by atoms with E-state index < -0.39 is 0 Å². The number of rotatable bonds is 11. The number of unbranched alkanes of at least 4 members (excludes halogenated alkanes) is 2. The summed E-state index contributed by atoms with van der Waals surface area (Å²) in [5.41, 5.74) is 1.15.